The molecule has 0 aromatic heterocycles. The molecular formula is C38H74O4S. The summed E-state index contributed by atoms with van der Waals surface area (Å²) in [5, 5.41) is 0. The van der Waals surface area contributed by atoms with Gasteiger partial charge >= 0.3 is 11.9 Å². The molecule has 0 amide bonds. The van der Waals surface area contributed by atoms with Gasteiger partial charge in [-0.2, -0.15) is 11.8 Å². The van der Waals surface area contributed by atoms with Crippen molar-refractivity contribution in [2.75, 3.05) is 24.7 Å². The fourth-order valence-corrected chi connectivity index (χ4v) is 6.35. The summed E-state index contributed by atoms with van der Waals surface area (Å²) >= 11 is 1.64. The zero-order chi connectivity index (χ0) is 31.3. The zero-order valence-electron chi connectivity index (χ0n) is 29.1. The van der Waals surface area contributed by atoms with Crippen LogP contribution in [-0.2, 0) is 19.1 Å². The van der Waals surface area contributed by atoms with Crippen molar-refractivity contribution in [3.05, 3.63) is 0 Å². The molecule has 4 nitrogen and oxygen atoms in total. The Kier molecular flexibility index (Phi) is 36.9. The summed E-state index contributed by atoms with van der Waals surface area (Å²) in [5.74, 6) is 1.21. The Morgan fingerprint density at radius 3 is 0.860 bits per heavy atom. The molecule has 0 heterocycles. The summed E-state index contributed by atoms with van der Waals surface area (Å²) in [6.45, 7) is 5.65. The smallest absolute Gasteiger partial charge is 0.306 e. The van der Waals surface area contributed by atoms with E-state index in [-0.39, 0.29) is 11.9 Å². The molecule has 0 atom stereocenters. The van der Waals surface area contributed by atoms with Gasteiger partial charge in [-0.05, 0) is 12.8 Å². The molecule has 5 heteroatoms. The van der Waals surface area contributed by atoms with Crippen LogP contribution in [0.5, 0.6) is 0 Å². The Labute approximate surface area is 273 Å². The second-order valence-corrected chi connectivity index (χ2v) is 14.0. The van der Waals surface area contributed by atoms with E-state index in [4.69, 9.17) is 9.47 Å². The van der Waals surface area contributed by atoms with E-state index in [1.54, 1.807) is 11.8 Å². The van der Waals surface area contributed by atoms with Gasteiger partial charge in [0.1, 0.15) is 0 Å². The first-order valence-electron chi connectivity index (χ1n) is 19.1. The molecule has 0 N–H and O–H groups in total. The van der Waals surface area contributed by atoms with Gasteiger partial charge in [0.25, 0.3) is 0 Å². The number of unbranched alkanes of at least 4 members (excludes halogenated alkanes) is 26. The van der Waals surface area contributed by atoms with Gasteiger partial charge in [0.2, 0.25) is 0 Å². The summed E-state index contributed by atoms with van der Waals surface area (Å²) in [6.07, 6.45) is 38.1. The molecule has 0 aliphatic carbocycles. The third-order valence-electron chi connectivity index (χ3n) is 8.42. The number of thioether (sulfide) groups is 1. The van der Waals surface area contributed by atoms with Gasteiger partial charge in [-0.25, -0.2) is 0 Å². The van der Waals surface area contributed by atoms with Crippen LogP contribution < -0.4 is 0 Å². The summed E-state index contributed by atoms with van der Waals surface area (Å²) in [6, 6.07) is 0. The van der Waals surface area contributed by atoms with Crippen molar-refractivity contribution in [1.82, 2.24) is 0 Å². The lowest BCUT2D eigenvalue weighted by Gasteiger charge is -2.06. The second-order valence-electron chi connectivity index (χ2n) is 12.7. The minimum atomic E-state index is -0.110. The van der Waals surface area contributed by atoms with Gasteiger partial charge in [-0.3, -0.25) is 9.59 Å². The van der Waals surface area contributed by atoms with Crippen LogP contribution >= 0.6 is 11.8 Å². The molecule has 0 aromatic rings. The van der Waals surface area contributed by atoms with Crippen LogP contribution in [0.2, 0.25) is 0 Å². The lowest BCUT2D eigenvalue weighted by molar-refractivity contribution is -0.144. The first-order valence-corrected chi connectivity index (χ1v) is 20.2. The molecule has 0 aromatic carbocycles. The number of hydrogen-bond donors (Lipinski definition) is 0. The van der Waals surface area contributed by atoms with E-state index in [1.165, 1.54) is 154 Å². The van der Waals surface area contributed by atoms with E-state index in [0.717, 1.165) is 25.7 Å². The van der Waals surface area contributed by atoms with Gasteiger partial charge in [0.15, 0.2) is 0 Å². The quantitative estimate of drug-likeness (QED) is 0.0511. The lowest BCUT2D eigenvalue weighted by Crippen LogP contribution is -2.09. The van der Waals surface area contributed by atoms with E-state index < -0.39 is 0 Å². The maximum absolute atomic E-state index is 11.9. The zero-order valence-corrected chi connectivity index (χ0v) is 29.9. The number of ether oxygens (including phenoxy) is 2. The first kappa shape index (κ1) is 42.3. The SMILES string of the molecule is CCCCCCCCCCCCCCCCCCOC(=O)CCSCCC(=O)OCCCCCCCCCCCCCC. The molecule has 0 fully saturated rings. The highest BCUT2D eigenvalue weighted by Gasteiger charge is 2.06. The average molecular weight is 627 g/mol. The molecule has 0 bridgehead atoms. The van der Waals surface area contributed by atoms with Crippen LogP contribution in [0.1, 0.15) is 206 Å². The maximum Gasteiger partial charge on any atom is 0.306 e. The highest BCUT2D eigenvalue weighted by Crippen LogP contribution is 2.15. The minimum Gasteiger partial charge on any atom is -0.466 e. The van der Waals surface area contributed by atoms with Crippen molar-refractivity contribution in [3.8, 4) is 0 Å². The normalized spacial score (nSPS) is 11.2. The molecule has 0 saturated heterocycles. The Hall–Kier alpha value is -0.710. The molecule has 0 rings (SSSR count). The molecule has 0 radical (unpaired) electrons. The maximum atomic E-state index is 11.9. The summed E-state index contributed by atoms with van der Waals surface area (Å²) in [7, 11) is 0. The van der Waals surface area contributed by atoms with Gasteiger partial charge in [0, 0.05) is 11.5 Å². The number of rotatable bonds is 36. The number of esters is 2. The molecule has 0 unspecified atom stereocenters. The van der Waals surface area contributed by atoms with Gasteiger partial charge < -0.3 is 9.47 Å². The molecule has 0 saturated carbocycles. The first-order chi connectivity index (χ1) is 21.2. The minimum absolute atomic E-state index is 0.108. The Balaban J connectivity index is 3.25. The van der Waals surface area contributed by atoms with Crippen molar-refractivity contribution in [2.24, 2.45) is 0 Å². The predicted octanol–water partition coefficient (Wildman–Crippen LogP) is 12.5. The topological polar surface area (TPSA) is 52.6 Å². The van der Waals surface area contributed by atoms with Crippen LogP contribution in [0.4, 0.5) is 0 Å². The number of hydrogen-bond acceptors (Lipinski definition) is 5. The van der Waals surface area contributed by atoms with Crippen molar-refractivity contribution in [1.29, 1.82) is 0 Å². The summed E-state index contributed by atoms with van der Waals surface area (Å²) in [5.41, 5.74) is 0. The predicted molar refractivity (Wildman–Crippen MR) is 189 cm³/mol. The van der Waals surface area contributed by atoms with Crippen molar-refractivity contribution in [2.45, 2.75) is 206 Å². The molecule has 0 aliphatic heterocycles. The van der Waals surface area contributed by atoms with Gasteiger partial charge in [-0.15, -0.1) is 0 Å². The number of carbonyl (C=O) groups is 2. The van der Waals surface area contributed by atoms with Gasteiger partial charge in [0.05, 0.1) is 26.1 Å². The van der Waals surface area contributed by atoms with E-state index in [0.29, 0.717) is 37.6 Å². The highest BCUT2D eigenvalue weighted by molar-refractivity contribution is 7.99. The molecule has 256 valence electrons. The second kappa shape index (κ2) is 37.5. The average Bonchev–Trinajstić information content (AvgIpc) is 3.00. The third-order valence-corrected chi connectivity index (χ3v) is 9.41. The van der Waals surface area contributed by atoms with Crippen LogP contribution in [0.3, 0.4) is 0 Å². The fourth-order valence-electron chi connectivity index (χ4n) is 5.52. The van der Waals surface area contributed by atoms with Crippen LogP contribution in [0, 0.1) is 0 Å². The van der Waals surface area contributed by atoms with E-state index >= 15 is 0 Å². The molecule has 0 aliphatic rings. The van der Waals surface area contributed by atoms with E-state index in [9.17, 15) is 9.59 Å². The van der Waals surface area contributed by atoms with Crippen LogP contribution in [0.15, 0.2) is 0 Å². The van der Waals surface area contributed by atoms with Crippen molar-refractivity contribution >= 4 is 23.7 Å². The Bertz CT molecular complexity index is 568. The van der Waals surface area contributed by atoms with E-state index in [1.807, 2.05) is 0 Å². The summed E-state index contributed by atoms with van der Waals surface area (Å²) < 4.78 is 10.7. The van der Waals surface area contributed by atoms with Gasteiger partial charge in [-0.1, -0.05) is 181 Å². The lowest BCUT2D eigenvalue weighted by atomic mass is 10.0. The van der Waals surface area contributed by atoms with E-state index in [2.05, 4.69) is 13.8 Å². The molecular weight excluding hydrogens is 552 g/mol. The molecule has 43 heavy (non-hydrogen) atoms. The third kappa shape index (κ3) is 37.4. The standard InChI is InChI=1S/C38H74O4S/c1-3-5-7-9-11-13-15-17-18-19-20-22-24-26-28-30-34-42-38(40)32-36-43-35-31-37(39)41-33-29-27-25-23-21-16-14-12-10-8-6-4-2/h3-36H2,1-2H3. The highest BCUT2D eigenvalue weighted by atomic mass is 32.2. The largest absolute Gasteiger partial charge is 0.466 e. The Morgan fingerprint density at radius 2 is 0.605 bits per heavy atom. The van der Waals surface area contributed by atoms with Crippen molar-refractivity contribution in [3.63, 3.8) is 0 Å². The van der Waals surface area contributed by atoms with Crippen molar-refractivity contribution < 1.29 is 19.1 Å². The monoisotopic (exact) mass is 627 g/mol. The fraction of sp³-hybridized carbons (Fsp3) is 0.947. The van der Waals surface area contributed by atoms with Crippen LogP contribution in [0.25, 0.3) is 0 Å². The molecule has 0 spiro atoms. The Morgan fingerprint density at radius 1 is 0.372 bits per heavy atom. The van der Waals surface area contributed by atoms with Crippen LogP contribution in [-0.4, -0.2) is 36.7 Å². The number of carbonyl (C=O) groups excluding carboxylic acids is 2. The summed E-state index contributed by atoms with van der Waals surface area (Å²) in [4.78, 5) is 23.8.